The molecule has 0 N–H and O–H groups in total. The Kier molecular flexibility index (Phi) is 3.69. The molecule has 1 saturated heterocycles. The van der Waals surface area contributed by atoms with Gasteiger partial charge in [0.2, 0.25) is 0 Å². The summed E-state index contributed by atoms with van der Waals surface area (Å²) in [4.78, 5) is 14.4. The van der Waals surface area contributed by atoms with Crippen LogP contribution in [0.15, 0.2) is 41.3 Å². The number of aromatic nitrogens is 2. The van der Waals surface area contributed by atoms with E-state index in [1.165, 1.54) is 17.5 Å². The molecule has 0 bridgehead atoms. The SMILES string of the molecule is N#Cc1ccccc1Cn1ncc(N2CCCC2)cc1=O. The largest absolute Gasteiger partial charge is 0.370 e. The summed E-state index contributed by atoms with van der Waals surface area (Å²) in [5.41, 5.74) is 2.15. The van der Waals surface area contributed by atoms with E-state index in [-0.39, 0.29) is 5.56 Å². The second kappa shape index (κ2) is 5.80. The second-order valence-corrected chi connectivity index (χ2v) is 5.17. The molecular formula is C16H16N4O. The van der Waals surface area contributed by atoms with Gasteiger partial charge in [0.05, 0.1) is 30.1 Å². The minimum Gasteiger partial charge on any atom is -0.370 e. The van der Waals surface area contributed by atoms with Gasteiger partial charge >= 0.3 is 0 Å². The van der Waals surface area contributed by atoms with Crippen LogP contribution in [-0.4, -0.2) is 22.9 Å². The van der Waals surface area contributed by atoms with E-state index in [4.69, 9.17) is 5.26 Å². The Morgan fingerprint density at radius 1 is 1.24 bits per heavy atom. The van der Waals surface area contributed by atoms with Crippen molar-refractivity contribution in [2.75, 3.05) is 18.0 Å². The fraction of sp³-hybridized carbons (Fsp3) is 0.312. The Bertz CT molecular complexity index is 738. The van der Waals surface area contributed by atoms with Crippen LogP contribution in [0.3, 0.4) is 0 Å². The van der Waals surface area contributed by atoms with Crippen molar-refractivity contribution >= 4 is 5.69 Å². The molecule has 0 atom stereocenters. The zero-order chi connectivity index (χ0) is 14.7. The van der Waals surface area contributed by atoms with Crippen molar-refractivity contribution in [2.45, 2.75) is 19.4 Å². The monoisotopic (exact) mass is 280 g/mol. The van der Waals surface area contributed by atoms with Crippen LogP contribution in [0.1, 0.15) is 24.0 Å². The van der Waals surface area contributed by atoms with Crippen LogP contribution in [0.4, 0.5) is 5.69 Å². The van der Waals surface area contributed by atoms with Crippen LogP contribution >= 0.6 is 0 Å². The van der Waals surface area contributed by atoms with Crippen LogP contribution in [0.25, 0.3) is 0 Å². The Balaban J connectivity index is 1.86. The van der Waals surface area contributed by atoms with Crippen molar-refractivity contribution in [3.8, 4) is 6.07 Å². The molecule has 0 aliphatic carbocycles. The van der Waals surface area contributed by atoms with Gasteiger partial charge in [0.15, 0.2) is 0 Å². The Hall–Kier alpha value is -2.61. The van der Waals surface area contributed by atoms with Crippen molar-refractivity contribution in [1.82, 2.24) is 9.78 Å². The van der Waals surface area contributed by atoms with Gasteiger partial charge < -0.3 is 4.90 Å². The third kappa shape index (κ3) is 2.79. The van der Waals surface area contributed by atoms with Crippen molar-refractivity contribution in [1.29, 1.82) is 5.26 Å². The first kappa shape index (κ1) is 13.4. The van der Waals surface area contributed by atoms with Gasteiger partial charge in [-0.15, -0.1) is 0 Å². The number of benzene rings is 1. The number of rotatable bonds is 3. The van der Waals surface area contributed by atoms with Gasteiger partial charge in [0, 0.05) is 19.2 Å². The smallest absolute Gasteiger partial charge is 0.269 e. The molecule has 1 aromatic heterocycles. The van der Waals surface area contributed by atoms with Gasteiger partial charge in [0.1, 0.15) is 0 Å². The molecule has 21 heavy (non-hydrogen) atoms. The molecule has 2 heterocycles. The zero-order valence-corrected chi connectivity index (χ0v) is 11.7. The number of anilines is 1. The third-order valence-electron chi connectivity index (χ3n) is 3.78. The average Bonchev–Trinajstić information content (AvgIpc) is 3.04. The van der Waals surface area contributed by atoms with E-state index < -0.39 is 0 Å². The number of hydrogen-bond donors (Lipinski definition) is 0. The van der Waals surface area contributed by atoms with Crippen LogP contribution in [0.2, 0.25) is 0 Å². The number of nitrogens with zero attached hydrogens (tertiary/aromatic N) is 4. The molecule has 0 spiro atoms. The van der Waals surface area contributed by atoms with E-state index in [1.54, 1.807) is 18.3 Å². The maximum atomic E-state index is 12.2. The lowest BCUT2D eigenvalue weighted by Crippen LogP contribution is -2.26. The summed E-state index contributed by atoms with van der Waals surface area (Å²) in [5.74, 6) is 0. The molecule has 5 nitrogen and oxygen atoms in total. The summed E-state index contributed by atoms with van der Waals surface area (Å²) >= 11 is 0. The molecule has 1 fully saturated rings. The molecular weight excluding hydrogens is 264 g/mol. The van der Waals surface area contributed by atoms with E-state index in [0.717, 1.165) is 24.3 Å². The lowest BCUT2D eigenvalue weighted by Gasteiger charge is -2.17. The highest BCUT2D eigenvalue weighted by atomic mass is 16.1. The molecule has 3 rings (SSSR count). The molecule has 5 heteroatoms. The van der Waals surface area contributed by atoms with Crippen LogP contribution in [0.5, 0.6) is 0 Å². The molecule has 0 amide bonds. The van der Waals surface area contributed by atoms with Crippen molar-refractivity contribution in [3.63, 3.8) is 0 Å². The first-order valence-electron chi connectivity index (χ1n) is 7.08. The lowest BCUT2D eigenvalue weighted by atomic mass is 10.1. The molecule has 0 unspecified atom stereocenters. The number of nitriles is 1. The zero-order valence-electron chi connectivity index (χ0n) is 11.7. The fourth-order valence-electron chi connectivity index (χ4n) is 2.62. The average molecular weight is 280 g/mol. The number of hydrogen-bond acceptors (Lipinski definition) is 4. The predicted octanol–water partition coefficient (Wildman–Crippen LogP) is 1.76. The standard InChI is InChI=1S/C16H16N4O/c17-10-13-5-1-2-6-14(13)12-20-16(21)9-15(11-18-20)19-7-3-4-8-19/h1-2,5-6,9,11H,3-4,7-8,12H2. The van der Waals surface area contributed by atoms with E-state index in [9.17, 15) is 4.79 Å². The highest BCUT2D eigenvalue weighted by Gasteiger charge is 2.14. The van der Waals surface area contributed by atoms with Crippen molar-refractivity contribution < 1.29 is 0 Å². The van der Waals surface area contributed by atoms with Crippen molar-refractivity contribution in [3.05, 3.63) is 58.0 Å². The highest BCUT2D eigenvalue weighted by molar-refractivity contribution is 5.44. The topological polar surface area (TPSA) is 61.9 Å². The summed E-state index contributed by atoms with van der Waals surface area (Å²) in [7, 11) is 0. The fourth-order valence-corrected chi connectivity index (χ4v) is 2.62. The normalized spacial score (nSPS) is 14.1. The first-order chi connectivity index (χ1) is 10.3. The predicted molar refractivity (Wildman–Crippen MR) is 80.2 cm³/mol. The summed E-state index contributed by atoms with van der Waals surface area (Å²) in [6.45, 7) is 2.30. The molecule has 106 valence electrons. The Labute approximate surface area is 123 Å². The summed E-state index contributed by atoms with van der Waals surface area (Å²) in [5, 5.41) is 13.3. The van der Waals surface area contributed by atoms with Crippen LogP contribution < -0.4 is 10.5 Å². The van der Waals surface area contributed by atoms with E-state index >= 15 is 0 Å². The molecule has 1 aliphatic heterocycles. The lowest BCUT2D eigenvalue weighted by molar-refractivity contribution is 0.636. The van der Waals surface area contributed by atoms with E-state index in [1.807, 2.05) is 18.2 Å². The van der Waals surface area contributed by atoms with Crippen LogP contribution in [-0.2, 0) is 6.54 Å². The van der Waals surface area contributed by atoms with E-state index in [0.29, 0.717) is 12.1 Å². The quantitative estimate of drug-likeness (QED) is 0.859. The Morgan fingerprint density at radius 3 is 2.71 bits per heavy atom. The summed E-state index contributed by atoms with van der Waals surface area (Å²) in [6.07, 6.45) is 4.07. The van der Waals surface area contributed by atoms with Crippen LogP contribution in [0, 0.1) is 11.3 Å². The maximum Gasteiger partial charge on any atom is 0.269 e. The summed E-state index contributed by atoms with van der Waals surface area (Å²) < 4.78 is 1.40. The summed E-state index contributed by atoms with van der Waals surface area (Å²) in [6, 6.07) is 11.0. The van der Waals surface area contributed by atoms with Gasteiger partial charge in [-0.1, -0.05) is 18.2 Å². The van der Waals surface area contributed by atoms with E-state index in [2.05, 4.69) is 16.1 Å². The molecule has 0 radical (unpaired) electrons. The van der Waals surface area contributed by atoms with Gasteiger partial charge in [-0.25, -0.2) is 4.68 Å². The molecule has 2 aromatic rings. The van der Waals surface area contributed by atoms with Gasteiger partial charge in [-0.2, -0.15) is 10.4 Å². The highest BCUT2D eigenvalue weighted by Crippen LogP contribution is 2.17. The van der Waals surface area contributed by atoms with Gasteiger partial charge in [0.25, 0.3) is 5.56 Å². The minimum absolute atomic E-state index is 0.132. The minimum atomic E-state index is -0.132. The third-order valence-corrected chi connectivity index (χ3v) is 3.78. The maximum absolute atomic E-state index is 12.2. The van der Waals surface area contributed by atoms with Gasteiger partial charge in [-0.05, 0) is 24.5 Å². The molecule has 1 aromatic carbocycles. The Morgan fingerprint density at radius 2 is 2.00 bits per heavy atom. The molecule has 1 aliphatic rings. The van der Waals surface area contributed by atoms with Crippen molar-refractivity contribution in [2.24, 2.45) is 0 Å². The second-order valence-electron chi connectivity index (χ2n) is 5.17. The molecule has 0 saturated carbocycles. The van der Waals surface area contributed by atoms with Gasteiger partial charge in [-0.3, -0.25) is 4.79 Å². The first-order valence-corrected chi connectivity index (χ1v) is 7.08.